The fourth-order valence-corrected chi connectivity index (χ4v) is 5.83. The highest BCUT2D eigenvalue weighted by Gasteiger charge is 2.15. The quantitative estimate of drug-likeness (QED) is 0.293. The monoisotopic (exact) mass is 516 g/mol. The molecule has 3 aliphatic rings. The molecule has 3 aromatic rings. The molecule has 0 N–H and O–H groups in total. The largest absolute Gasteiger partial charge is 0.0842 e. The number of allylic oxidation sites excluding steroid dienone is 15. The van der Waals surface area contributed by atoms with E-state index in [1.807, 2.05) is 0 Å². The van der Waals surface area contributed by atoms with E-state index in [1.54, 1.807) is 0 Å². The zero-order chi connectivity index (χ0) is 27.0. The fourth-order valence-electron chi connectivity index (χ4n) is 5.83. The molecule has 40 heavy (non-hydrogen) atoms. The molecule has 0 fully saturated rings. The second kappa shape index (κ2) is 12.6. The lowest BCUT2D eigenvalue weighted by Crippen LogP contribution is -2.01. The van der Waals surface area contributed by atoms with Gasteiger partial charge in [0.15, 0.2) is 0 Å². The van der Waals surface area contributed by atoms with Crippen LogP contribution in [0.15, 0.2) is 174 Å². The first kappa shape index (κ1) is 25.8. The zero-order valence-corrected chi connectivity index (χ0v) is 23.1. The molecule has 6 rings (SSSR count). The van der Waals surface area contributed by atoms with Crippen LogP contribution in [-0.2, 0) is 0 Å². The van der Waals surface area contributed by atoms with Crippen molar-refractivity contribution in [1.82, 2.24) is 0 Å². The molecule has 196 valence electrons. The maximum atomic E-state index is 2.43. The van der Waals surface area contributed by atoms with Crippen LogP contribution in [0.25, 0.3) is 11.1 Å². The molecular weight excluding hydrogens is 480 g/mol. The SMILES string of the molecule is C1=CCCC(/C(=C/C2=CC=C(C3=CC=C(C=C(c4ccccc4)c4ccccc4)CC3)CC2)c2ccccc2)=C1. The number of rotatable bonds is 7. The minimum atomic E-state index is 1.07. The van der Waals surface area contributed by atoms with E-state index in [1.165, 1.54) is 55.7 Å². The van der Waals surface area contributed by atoms with Crippen LogP contribution in [0.5, 0.6) is 0 Å². The molecule has 0 unspecified atom stereocenters. The first-order valence-corrected chi connectivity index (χ1v) is 14.6. The number of hydrogen-bond acceptors (Lipinski definition) is 0. The second-order valence-electron chi connectivity index (χ2n) is 10.7. The molecule has 0 bridgehead atoms. The lowest BCUT2D eigenvalue weighted by atomic mass is 9.84. The molecule has 0 amide bonds. The molecule has 0 saturated carbocycles. The van der Waals surface area contributed by atoms with Crippen LogP contribution >= 0.6 is 0 Å². The van der Waals surface area contributed by atoms with Gasteiger partial charge in [0, 0.05) is 0 Å². The summed E-state index contributed by atoms with van der Waals surface area (Å²) in [4.78, 5) is 0. The normalized spacial score (nSPS) is 17.2. The summed E-state index contributed by atoms with van der Waals surface area (Å²) in [6.45, 7) is 0. The van der Waals surface area contributed by atoms with Crippen LogP contribution in [-0.4, -0.2) is 0 Å². The first-order valence-electron chi connectivity index (χ1n) is 14.6. The Hall–Kier alpha value is -4.42. The fraction of sp³-hybridized carbons (Fsp3) is 0.150. The molecule has 0 aromatic heterocycles. The van der Waals surface area contributed by atoms with Gasteiger partial charge in [0.1, 0.15) is 0 Å². The molecule has 3 aromatic carbocycles. The summed E-state index contributed by atoms with van der Waals surface area (Å²) in [7, 11) is 0. The molecule has 0 heteroatoms. The van der Waals surface area contributed by atoms with Gasteiger partial charge in [-0.25, -0.2) is 0 Å². The molecule has 0 spiro atoms. The highest BCUT2D eigenvalue weighted by Crippen LogP contribution is 2.35. The summed E-state index contributed by atoms with van der Waals surface area (Å²) in [6.07, 6.45) is 27.6. The van der Waals surface area contributed by atoms with Gasteiger partial charge in [-0.1, -0.05) is 146 Å². The van der Waals surface area contributed by atoms with Gasteiger partial charge >= 0.3 is 0 Å². The van der Waals surface area contributed by atoms with E-state index in [0.29, 0.717) is 0 Å². The minimum Gasteiger partial charge on any atom is -0.0842 e. The summed E-state index contributed by atoms with van der Waals surface area (Å²) >= 11 is 0. The van der Waals surface area contributed by atoms with Crippen molar-refractivity contribution in [3.8, 4) is 0 Å². The third-order valence-corrected chi connectivity index (χ3v) is 8.05. The van der Waals surface area contributed by atoms with Crippen molar-refractivity contribution in [2.45, 2.75) is 38.5 Å². The standard InChI is InChI=1S/C40H36/c1-5-13-35(14-6-1)39(36-15-7-2-8-16-36)29-31-21-25-33(26-22-31)34-27-23-32(24-28-34)30-40(37-17-9-3-10-18-37)38-19-11-4-12-20-38/h1-11,13-19,21,23,25,27,29-30H,12,20,22,24,26,28H2/b40-30+. The Kier molecular flexibility index (Phi) is 8.15. The third kappa shape index (κ3) is 6.24. The minimum absolute atomic E-state index is 1.07. The van der Waals surface area contributed by atoms with Gasteiger partial charge in [-0.2, -0.15) is 0 Å². The predicted molar refractivity (Wildman–Crippen MR) is 172 cm³/mol. The van der Waals surface area contributed by atoms with Gasteiger partial charge < -0.3 is 0 Å². The van der Waals surface area contributed by atoms with Crippen LogP contribution in [0.1, 0.15) is 55.2 Å². The average molecular weight is 517 g/mol. The summed E-state index contributed by atoms with van der Waals surface area (Å²) in [5.41, 5.74) is 13.7. The van der Waals surface area contributed by atoms with E-state index < -0.39 is 0 Å². The van der Waals surface area contributed by atoms with Gasteiger partial charge in [-0.3, -0.25) is 0 Å². The number of hydrogen-bond donors (Lipinski definition) is 0. The van der Waals surface area contributed by atoms with E-state index in [4.69, 9.17) is 0 Å². The predicted octanol–water partition coefficient (Wildman–Crippen LogP) is 10.8. The summed E-state index contributed by atoms with van der Waals surface area (Å²) < 4.78 is 0. The molecule has 0 saturated heterocycles. The molecule has 0 nitrogen and oxygen atoms in total. The third-order valence-electron chi connectivity index (χ3n) is 8.05. The van der Waals surface area contributed by atoms with Gasteiger partial charge in [0.05, 0.1) is 0 Å². The summed E-state index contributed by atoms with van der Waals surface area (Å²) in [5.74, 6) is 0. The van der Waals surface area contributed by atoms with Crippen LogP contribution < -0.4 is 0 Å². The lowest BCUT2D eigenvalue weighted by Gasteiger charge is -2.20. The van der Waals surface area contributed by atoms with E-state index in [-0.39, 0.29) is 0 Å². The first-order chi connectivity index (χ1) is 19.8. The topological polar surface area (TPSA) is 0 Å². The Bertz CT molecular complexity index is 1540. The van der Waals surface area contributed by atoms with E-state index in [0.717, 1.165) is 38.5 Å². The summed E-state index contributed by atoms with van der Waals surface area (Å²) in [5, 5.41) is 0. The molecular formula is C40H36. The molecule has 0 aliphatic heterocycles. The van der Waals surface area contributed by atoms with Crippen molar-refractivity contribution >= 4 is 11.1 Å². The van der Waals surface area contributed by atoms with Gasteiger partial charge in [-0.05, 0) is 94.2 Å². The maximum Gasteiger partial charge on any atom is -0.0109 e. The van der Waals surface area contributed by atoms with E-state index in [9.17, 15) is 0 Å². The van der Waals surface area contributed by atoms with Crippen molar-refractivity contribution < 1.29 is 0 Å². The van der Waals surface area contributed by atoms with Crippen molar-refractivity contribution in [1.29, 1.82) is 0 Å². The zero-order valence-electron chi connectivity index (χ0n) is 23.1. The lowest BCUT2D eigenvalue weighted by molar-refractivity contribution is 0.869. The Morgan fingerprint density at radius 2 is 0.925 bits per heavy atom. The Morgan fingerprint density at radius 1 is 0.450 bits per heavy atom. The van der Waals surface area contributed by atoms with Gasteiger partial charge in [-0.15, -0.1) is 0 Å². The van der Waals surface area contributed by atoms with Crippen LogP contribution in [0, 0.1) is 0 Å². The second-order valence-corrected chi connectivity index (χ2v) is 10.7. The van der Waals surface area contributed by atoms with Crippen LogP contribution in [0.2, 0.25) is 0 Å². The molecule has 0 heterocycles. The summed E-state index contributed by atoms with van der Waals surface area (Å²) in [6, 6.07) is 32.4. The van der Waals surface area contributed by atoms with Crippen molar-refractivity contribution in [3.63, 3.8) is 0 Å². The molecule has 0 radical (unpaired) electrons. The van der Waals surface area contributed by atoms with Gasteiger partial charge in [0.2, 0.25) is 0 Å². The average Bonchev–Trinajstić information content (AvgIpc) is 3.05. The van der Waals surface area contributed by atoms with E-state index >= 15 is 0 Å². The Labute approximate surface area is 239 Å². The highest BCUT2D eigenvalue weighted by atomic mass is 14.2. The van der Waals surface area contributed by atoms with Crippen molar-refractivity contribution in [2.75, 3.05) is 0 Å². The smallest absolute Gasteiger partial charge is 0.0109 e. The maximum absolute atomic E-state index is 2.43. The van der Waals surface area contributed by atoms with Crippen LogP contribution in [0.4, 0.5) is 0 Å². The van der Waals surface area contributed by atoms with Crippen molar-refractivity contribution in [2.24, 2.45) is 0 Å². The Morgan fingerprint density at radius 3 is 1.35 bits per heavy atom. The Balaban J connectivity index is 1.25. The molecule has 0 atom stereocenters. The van der Waals surface area contributed by atoms with Crippen LogP contribution in [0.3, 0.4) is 0 Å². The van der Waals surface area contributed by atoms with Gasteiger partial charge in [0.25, 0.3) is 0 Å². The highest BCUT2D eigenvalue weighted by molar-refractivity contribution is 5.82. The van der Waals surface area contributed by atoms with Crippen molar-refractivity contribution in [3.05, 3.63) is 190 Å². The van der Waals surface area contributed by atoms with E-state index in [2.05, 4.69) is 146 Å². The molecule has 3 aliphatic carbocycles. The number of benzene rings is 3.